The lowest BCUT2D eigenvalue weighted by molar-refractivity contribution is 0.232. The molecule has 2 aromatic heterocycles. The first-order valence-electron chi connectivity index (χ1n) is 8.21. The number of rotatable bonds is 4. The quantitative estimate of drug-likeness (QED) is 0.896. The van der Waals surface area contributed by atoms with E-state index in [4.69, 9.17) is 0 Å². The Labute approximate surface area is 141 Å². The van der Waals surface area contributed by atoms with E-state index in [0.717, 1.165) is 31.5 Å². The number of nitrogens with zero attached hydrogens (tertiary/aromatic N) is 4. The summed E-state index contributed by atoms with van der Waals surface area (Å²) < 4.78 is 0. The molecular weight excluding hydrogens is 304 g/mol. The predicted molar refractivity (Wildman–Crippen MR) is 91.6 cm³/mol. The molecule has 1 aliphatic heterocycles. The lowest BCUT2D eigenvalue weighted by Gasteiger charge is -2.33. The molecule has 0 aromatic carbocycles. The third-order valence-electron chi connectivity index (χ3n) is 4.12. The van der Waals surface area contributed by atoms with Gasteiger partial charge in [0.25, 0.3) is 0 Å². The van der Waals surface area contributed by atoms with Gasteiger partial charge in [0, 0.05) is 43.9 Å². The maximum atomic E-state index is 12.2. The molecule has 0 radical (unpaired) electrons. The summed E-state index contributed by atoms with van der Waals surface area (Å²) in [6, 6.07) is 5.46. The smallest absolute Gasteiger partial charge is 0.315 e. The fourth-order valence-corrected chi connectivity index (χ4v) is 2.87. The SMILES string of the molecule is C[C@H](NC(=O)N[C@H]1CCCN(c2ncccn2)C1)c1cccnc1. The van der Waals surface area contributed by atoms with E-state index in [0.29, 0.717) is 5.95 Å². The molecule has 3 rings (SSSR count). The summed E-state index contributed by atoms with van der Waals surface area (Å²) in [7, 11) is 0. The van der Waals surface area contributed by atoms with E-state index in [2.05, 4.69) is 30.5 Å². The van der Waals surface area contributed by atoms with Gasteiger partial charge in [-0.1, -0.05) is 6.07 Å². The monoisotopic (exact) mass is 326 g/mol. The first kappa shape index (κ1) is 16.2. The topological polar surface area (TPSA) is 83.0 Å². The second-order valence-electron chi connectivity index (χ2n) is 5.96. The van der Waals surface area contributed by atoms with Gasteiger partial charge in [0.1, 0.15) is 0 Å². The summed E-state index contributed by atoms with van der Waals surface area (Å²) in [6.45, 7) is 3.58. The molecule has 0 bridgehead atoms. The molecule has 3 heterocycles. The molecule has 1 fully saturated rings. The van der Waals surface area contributed by atoms with Crippen molar-refractivity contribution in [1.82, 2.24) is 25.6 Å². The highest BCUT2D eigenvalue weighted by Gasteiger charge is 2.23. The molecule has 7 nitrogen and oxygen atoms in total. The van der Waals surface area contributed by atoms with E-state index in [-0.39, 0.29) is 18.1 Å². The van der Waals surface area contributed by atoms with Crippen LogP contribution in [0.3, 0.4) is 0 Å². The predicted octanol–water partition coefficient (Wildman–Crippen LogP) is 1.90. The molecule has 2 atom stereocenters. The third kappa shape index (κ3) is 4.18. The van der Waals surface area contributed by atoms with Gasteiger partial charge >= 0.3 is 6.03 Å². The van der Waals surface area contributed by atoms with Gasteiger partial charge in [0.2, 0.25) is 5.95 Å². The van der Waals surface area contributed by atoms with Gasteiger partial charge in [0.15, 0.2) is 0 Å². The van der Waals surface area contributed by atoms with Gasteiger partial charge < -0.3 is 15.5 Å². The summed E-state index contributed by atoms with van der Waals surface area (Å²) in [6.07, 6.45) is 8.92. The molecule has 1 aliphatic rings. The van der Waals surface area contributed by atoms with Gasteiger partial charge in [-0.2, -0.15) is 0 Å². The molecule has 2 amide bonds. The fourth-order valence-electron chi connectivity index (χ4n) is 2.87. The van der Waals surface area contributed by atoms with E-state index in [9.17, 15) is 4.79 Å². The van der Waals surface area contributed by atoms with Crippen molar-refractivity contribution in [3.05, 3.63) is 48.5 Å². The highest BCUT2D eigenvalue weighted by molar-refractivity contribution is 5.74. The van der Waals surface area contributed by atoms with Crippen molar-refractivity contribution in [3.63, 3.8) is 0 Å². The van der Waals surface area contributed by atoms with Gasteiger partial charge in [-0.05, 0) is 37.5 Å². The Morgan fingerprint density at radius 3 is 2.88 bits per heavy atom. The average Bonchev–Trinajstić information content (AvgIpc) is 2.63. The number of piperidine rings is 1. The molecule has 0 spiro atoms. The molecule has 0 unspecified atom stereocenters. The largest absolute Gasteiger partial charge is 0.339 e. The zero-order valence-electron chi connectivity index (χ0n) is 13.7. The van der Waals surface area contributed by atoms with Crippen LogP contribution in [0.15, 0.2) is 43.0 Å². The van der Waals surface area contributed by atoms with Crippen molar-refractivity contribution in [2.24, 2.45) is 0 Å². The van der Waals surface area contributed by atoms with Crippen LogP contribution < -0.4 is 15.5 Å². The van der Waals surface area contributed by atoms with E-state index >= 15 is 0 Å². The van der Waals surface area contributed by atoms with Gasteiger partial charge in [-0.25, -0.2) is 14.8 Å². The van der Waals surface area contributed by atoms with Crippen molar-refractivity contribution < 1.29 is 4.79 Å². The number of hydrogen-bond donors (Lipinski definition) is 2. The second-order valence-corrected chi connectivity index (χ2v) is 5.96. The normalized spacial score (nSPS) is 18.7. The molecule has 1 saturated heterocycles. The van der Waals surface area contributed by atoms with Gasteiger partial charge in [-0.15, -0.1) is 0 Å². The van der Waals surface area contributed by atoms with E-state index < -0.39 is 0 Å². The van der Waals surface area contributed by atoms with Crippen LogP contribution in [0.1, 0.15) is 31.4 Å². The Bertz CT molecular complexity index is 651. The van der Waals surface area contributed by atoms with E-state index in [1.165, 1.54) is 0 Å². The molecule has 2 N–H and O–H groups in total. The number of carbonyl (C=O) groups is 1. The van der Waals surface area contributed by atoms with Crippen molar-refractivity contribution in [2.75, 3.05) is 18.0 Å². The van der Waals surface area contributed by atoms with Crippen LogP contribution in [0.5, 0.6) is 0 Å². The van der Waals surface area contributed by atoms with Gasteiger partial charge in [-0.3, -0.25) is 4.98 Å². The van der Waals surface area contributed by atoms with Crippen molar-refractivity contribution in [3.8, 4) is 0 Å². The number of hydrogen-bond acceptors (Lipinski definition) is 5. The highest BCUT2D eigenvalue weighted by atomic mass is 16.2. The van der Waals surface area contributed by atoms with Crippen molar-refractivity contribution in [2.45, 2.75) is 31.8 Å². The maximum Gasteiger partial charge on any atom is 0.315 e. The number of urea groups is 1. The Hall–Kier alpha value is -2.70. The zero-order chi connectivity index (χ0) is 16.8. The summed E-state index contributed by atoms with van der Waals surface area (Å²) in [4.78, 5) is 27.0. The lowest BCUT2D eigenvalue weighted by Crippen LogP contribution is -2.51. The molecule has 0 saturated carbocycles. The van der Waals surface area contributed by atoms with E-state index in [1.54, 1.807) is 30.9 Å². The minimum Gasteiger partial charge on any atom is -0.339 e. The van der Waals surface area contributed by atoms with Crippen molar-refractivity contribution in [1.29, 1.82) is 0 Å². The van der Waals surface area contributed by atoms with Crippen LogP contribution in [-0.4, -0.2) is 40.1 Å². The van der Waals surface area contributed by atoms with Crippen LogP contribution in [0, 0.1) is 0 Å². The number of aromatic nitrogens is 3. The molecule has 126 valence electrons. The number of nitrogens with one attached hydrogen (secondary N) is 2. The Morgan fingerprint density at radius 2 is 2.12 bits per heavy atom. The zero-order valence-corrected chi connectivity index (χ0v) is 13.7. The third-order valence-corrected chi connectivity index (χ3v) is 4.12. The van der Waals surface area contributed by atoms with Crippen LogP contribution >= 0.6 is 0 Å². The average molecular weight is 326 g/mol. The first-order chi connectivity index (χ1) is 11.7. The summed E-state index contributed by atoms with van der Waals surface area (Å²) in [5.41, 5.74) is 0.982. The van der Waals surface area contributed by atoms with Crippen LogP contribution in [0.25, 0.3) is 0 Å². The summed E-state index contributed by atoms with van der Waals surface area (Å²) >= 11 is 0. The first-order valence-corrected chi connectivity index (χ1v) is 8.21. The van der Waals surface area contributed by atoms with Gasteiger partial charge in [0.05, 0.1) is 6.04 Å². The fraction of sp³-hybridized carbons (Fsp3) is 0.412. The molecule has 24 heavy (non-hydrogen) atoms. The van der Waals surface area contributed by atoms with E-state index in [1.807, 2.05) is 19.1 Å². The minimum atomic E-state index is -0.160. The maximum absolute atomic E-state index is 12.2. The Kier molecular flexibility index (Phi) is 5.20. The lowest BCUT2D eigenvalue weighted by atomic mass is 10.1. The minimum absolute atomic E-state index is 0.0867. The Morgan fingerprint density at radius 1 is 1.29 bits per heavy atom. The second kappa shape index (κ2) is 7.72. The highest BCUT2D eigenvalue weighted by Crippen LogP contribution is 2.15. The number of pyridine rings is 1. The molecule has 0 aliphatic carbocycles. The number of amides is 2. The molecule has 2 aromatic rings. The van der Waals surface area contributed by atoms with Crippen LogP contribution in [0.4, 0.5) is 10.7 Å². The summed E-state index contributed by atoms with van der Waals surface area (Å²) in [5, 5.41) is 6.01. The standard InChI is InChI=1S/C17H22N6O/c1-13(14-5-2-7-18-11-14)21-17(24)22-15-6-3-10-23(12-15)16-19-8-4-9-20-16/h2,4-5,7-9,11,13,15H,3,6,10,12H2,1H3,(H2,21,22,24)/t13-,15-/m0/s1. The summed E-state index contributed by atoms with van der Waals surface area (Å²) in [5.74, 6) is 0.716. The molecule has 7 heteroatoms. The number of anilines is 1. The van der Waals surface area contributed by atoms with Crippen LogP contribution in [-0.2, 0) is 0 Å². The number of carbonyl (C=O) groups excluding carboxylic acids is 1. The van der Waals surface area contributed by atoms with Crippen LogP contribution in [0.2, 0.25) is 0 Å². The van der Waals surface area contributed by atoms with Crippen molar-refractivity contribution >= 4 is 12.0 Å². The molecular formula is C17H22N6O. The Balaban J connectivity index is 1.53.